The average molecular weight is 294 g/mol. The molecule has 0 N–H and O–H groups in total. The quantitative estimate of drug-likeness (QED) is 0.800. The van der Waals surface area contributed by atoms with Gasteiger partial charge in [-0.25, -0.2) is 4.39 Å². The smallest absolute Gasteiger partial charge is 0.183 e. The van der Waals surface area contributed by atoms with Crippen molar-refractivity contribution in [2.75, 3.05) is 0 Å². The monoisotopic (exact) mass is 292 g/mol. The van der Waals surface area contributed by atoms with Crippen LogP contribution in [0.4, 0.5) is 4.39 Å². The van der Waals surface area contributed by atoms with Crippen LogP contribution < -0.4 is 0 Å². The van der Waals surface area contributed by atoms with Crippen molar-refractivity contribution in [1.29, 1.82) is 0 Å². The molecule has 14 heavy (non-hydrogen) atoms. The Morgan fingerprint density at radius 1 is 1.36 bits per heavy atom. The highest BCUT2D eigenvalue weighted by Crippen LogP contribution is 2.31. The van der Waals surface area contributed by atoms with Crippen LogP contribution >= 0.6 is 38.9 Å². The van der Waals surface area contributed by atoms with E-state index in [9.17, 15) is 4.39 Å². The van der Waals surface area contributed by atoms with Crippen LogP contribution in [0.1, 0.15) is 0 Å². The molecule has 0 bridgehead atoms. The average Bonchev–Trinajstić information content (AvgIpc) is 2.51. The normalized spacial score (nSPS) is 10.5. The summed E-state index contributed by atoms with van der Waals surface area (Å²) in [5.41, 5.74) is 0.691. The number of hydrogen-bond donors (Lipinski definition) is 0. The van der Waals surface area contributed by atoms with Gasteiger partial charge in [-0.05, 0) is 34.1 Å². The Morgan fingerprint density at radius 3 is 2.71 bits per heavy atom. The Hall–Kier alpha value is -0.520. The third kappa shape index (κ3) is 1.94. The lowest BCUT2D eigenvalue weighted by molar-refractivity contribution is 0.628. The van der Waals surface area contributed by atoms with Crippen LogP contribution in [0.15, 0.2) is 22.1 Å². The highest BCUT2D eigenvalue weighted by molar-refractivity contribution is 9.11. The van der Waals surface area contributed by atoms with Crippen LogP contribution in [0.25, 0.3) is 10.6 Å². The minimum atomic E-state index is -0.359. The Morgan fingerprint density at radius 2 is 2.14 bits per heavy atom. The summed E-state index contributed by atoms with van der Waals surface area (Å²) in [6, 6.07) is 4.19. The lowest BCUT2D eigenvalue weighted by Gasteiger charge is -1.98. The van der Waals surface area contributed by atoms with Gasteiger partial charge in [0.1, 0.15) is 10.8 Å². The first kappa shape index (κ1) is 10.0. The number of halogens is 3. The van der Waals surface area contributed by atoms with E-state index in [0.29, 0.717) is 19.5 Å². The molecule has 1 aromatic carbocycles. The number of rotatable bonds is 1. The van der Waals surface area contributed by atoms with E-state index in [0.717, 1.165) is 0 Å². The summed E-state index contributed by atoms with van der Waals surface area (Å²) >= 11 is 10.4. The Kier molecular flexibility index (Phi) is 2.80. The molecule has 0 aliphatic rings. The van der Waals surface area contributed by atoms with Crippen LogP contribution in [-0.2, 0) is 0 Å². The Balaban J connectivity index is 2.52. The van der Waals surface area contributed by atoms with Gasteiger partial charge >= 0.3 is 0 Å². The second-order valence-electron chi connectivity index (χ2n) is 2.48. The number of benzene rings is 1. The standard InChI is InChI=1S/C8H3BrClFN2S/c9-8-13-12-7(14-8)5-2-1-4(11)3-6(5)10/h1-3H. The fourth-order valence-electron chi connectivity index (χ4n) is 0.977. The lowest BCUT2D eigenvalue weighted by atomic mass is 10.2. The fraction of sp³-hybridized carbons (Fsp3) is 0. The molecular weight excluding hydrogens is 291 g/mol. The van der Waals surface area contributed by atoms with Crippen molar-refractivity contribution in [3.8, 4) is 10.6 Å². The van der Waals surface area contributed by atoms with Gasteiger partial charge in [0.25, 0.3) is 0 Å². The zero-order valence-corrected chi connectivity index (χ0v) is 9.83. The molecule has 0 atom stereocenters. The van der Waals surface area contributed by atoms with Crippen molar-refractivity contribution >= 4 is 38.9 Å². The van der Waals surface area contributed by atoms with Gasteiger partial charge in [0, 0.05) is 5.56 Å². The van der Waals surface area contributed by atoms with Crippen LogP contribution in [0, 0.1) is 5.82 Å². The first-order valence-electron chi connectivity index (χ1n) is 3.61. The molecule has 2 rings (SSSR count). The third-order valence-electron chi connectivity index (χ3n) is 1.56. The summed E-state index contributed by atoms with van der Waals surface area (Å²) in [5.74, 6) is -0.359. The molecule has 2 aromatic rings. The van der Waals surface area contributed by atoms with Gasteiger partial charge < -0.3 is 0 Å². The molecule has 1 aromatic heterocycles. The molecule has 2 nitrogen and oxygen atoms in total. The summed E-state index contributed by atoms with van der Waals surface area (Å²) < 4.78 is 13.4. The first-order valence-corrected chi connectivity index (χ1v) is 5.60. The second-order valence-corrected chi connectivity index (χ2v) is 5.15. The molecule has 0 fully saturated rings. The predicted octanol–water partition coefficient (Wildman–Crippen LogP) is 3.76. The molecule has 0 radical (unpaired) electrons. The first-order chi connectivity index (χ1) is 6.66. The van der Waals surface area contributed by atoms with E-state index in [2.05, 4.69) is 26.1 Å². The highest BCUT2D eigenvalue weighted by atomic mass is 79.9. The highest BCUT2D eigenvalue weighted by Gasteiger charge is 2.09. The van der Waals surface area contributed by atoms with Gasteiger partial charge in [-0.2, -0.15) is 0 Å². The van der Waals surface area contributed by atoms with Gasteiger partial charge in [-0.3, -0.25) is 0 Å². The molecule has 0 spiro atoms. The fourth-order valence-corrected chi connectivity index (χ4v) is 2.44. The van der Waals surface area contributed by atoms with Crippen molar-refractivity contribution in [3.63, 3.8) is 0 Å². The van der Waals surface area contributed by atoms with Crippen LogP contribution in [-0.4, -0.2) is 10.2 Å². The number of nitrogens with zero attached hydrogens (tertiary/aromatic N) is 2. The summed E-state index contributed by atoms with van der Waals surface area (Å²) in [5, 5.41) is 8.69. The third-order valence-corrected chi connectivity index (χ3v) is 3.26. The van der Waals surface area contributed by atoms with Crippen LogP contribution in [0.3, 0.4) is 0 Å². The van der Waals surface area contributed by atoms with E-state index in [1.54, 1.807) is 6.07 Å². The molecule has 0 saturated carbocycles. The van der Waals surface area contributed by atoms with Gasteiger partial charge in [0.15, 0.2) is 3.92 Å². The summed E-state index contributed by atoms with van der Waals surface area (Å²) in [7, 11) is 0. The van der Waals surface area contributed by atoms with E-state index in [1.807, 2.05) is 0 Å². The van der Waals surface area contributed by atoms with Gasteiger partial charge in [-0.1, -0.05) is 22.9 Å². The molecule has 6 heteroatoms. The van der Waals surface area contributed by atoms with E-state index >= 15 is 0 Å². The largest absolute Gasteiger partial charge is 0.207 e. The van der Waals surface area contributed by atoms with Gasteiger partial charge in [0.2, 0.25) is 0 Å². The van der Waals surface area contributed by atoms with Crippen LogP contribution in [0.5, 0.6) is 0 Å². The number of hydrogen-bond acceptors (Lipinski definition) is 3. The SMILES string of the molecule is Fc1ccc(-c2nnc(Br)s2)c(Cl)c1. The summed E-state index contributed by atoms with van der Waals surface area (Å²) in [4.78, 5) is 0. The second kappa shape index (κ2) is 3.92. The molecule has 0 saturated heterocycles. The van der Waals surface area contributed by atoms with E-state index in [4.69, 9.17) is 11.6 Å². The lowest BCUT2D eigenvalue weighted by Crippen LogP contribution is -1.80. The predicted molar refractivity (Wildman–Crippen MR) is 58.0 cm³/mol. The molecule has 72 valence electrons. The summed E-state index contributed by atoms with van der Waals surface area (Å²) in [6.07, 6.45) is 0. The van der Waals surface area contributed by atoms with Crippen molar-refractivity contribution in [1.82, 2.24) is 10.2 Å². The molecule has 0 unspecified atom stereocenters. The topological polar surface area (TPSA) is 25.8 Å². The molecule has 0 amide bonds. The van der Waals surface area contributed by atoms with Crippen molar-refractivity contribution in [2.24, 2.45) is 0 Å². The van der Waals surface area contributed by atoms with E-state index < -0.39 is 0 Å². The Labute approximate surface area is 96.9 Å². The van der Waals surface area contributed by atoms with Crippen molar-refractivity contribution in [3.05, 3.63) is 33.0 Å². The minimum absolute atomic E-state index is 0.341. The number of aromatic nitrogens is 2. The molecule has 0 aliphatic carbocycles. The van der Waals surface area contributed by atoms with Crippen LogP contribution in [0.2, 0.25) is 5.02 Å². The maximum Gasteiger partial charge on any atom is 0.183 e. The maximum atomic E-state index is 12.7. The van der Waals surface area contributed by atoms with Gasteiger partial charge in [-0.15, -0.1) is 10.2 Å². The van der Waals surface area contributed by atoms with E-state index in [-0.39, 0.29) is 5.82 Å². The molecular formula is C8H3BrClFN2S. The zero-order chi connectivity index (χ0) is 10.1. The van der Waals surface area contributed by atoms with Crippen molar-refractivity contribution in [2.45, 2.75) is 0 Å². The van der Waals surface area contributed by atoms with Crippen molar-refractivity contribution < 1.29 is 4.39 Å². The minimum Gasteiger partial charge on any atom is -0.207 e. The zero-order valence-electron chi connectivity index (χ0n) is 6.67. The Bertz CT molecular complexity index is 474. The summed E-state index contributed by atoms with van der Waals surface area (Å²) in [6.45, 7) is 0. The maximum absolute atomic E-state index is 12.7. The molecule has 0 aliphatic heterocycles. The van der Waals surface area contributed by atoms with Gasteiger partial charge in [0.05, 0.1) is 5.02 Å². The molecule has 1 heterocycles. The van der Waals surface area contributed by atoms with E-state index in [1.165, 1.54) is 23.5 Å².